The molecule has 1 heterocycles. The van der Waals surface area contributed by atoms with Gasteiger partial charge in [-0.1, -0.05) is 35.3 Å². The van der Waals surface area contributed by atoms with E-state index in [0.29, 0.717) is 28.0 Å². The fourth-order valence-electron chi connectivity index (χ4n) is 2.68. The molecule has 0 bridgehead atoms. The first-order chi connectivity index (χ1) is 13.2. The molecule has 3 rings (SSSR count). The van der Waals surface area contributed by atoms with Gasteiger partial charge in [-0.05, 0) is 37.6 Å². The molecule has 0 aliphatic carbocycles. The molecule has 144 valence electrons. The average molecular weight is 419 g/mol. The summed E-state index contributed by atoms with van der Waals surface area (Å²) in [4.78, 5) is 23.0. The number of halogens is 2. The molecule has 2 aromatic carbocycles. The van der Waals surface area contributed by atoms with Crippen molar-refractivity contribution in [3.05, 3.63) is 85.0 Å². The molecule has 0 saturated carbocycles. The molecular weight excluding hydrogens is 403 g/mol. The summed E-state index contributed by atoms with van der Waals surface area (Å²) in [7, 11) is 0. The van der Waals surface area contributed by atoms with Crippen molar-refractivity contribution in [2.75, 3.05) is 5.32 Å². The van der Waals surface area contributed by atoms with E-state index in [1.54, 1.807) is 35.9 Å². The number of benzene rings is 2. The summed E-state index contributed by atoms with van der Waals surface area (Å²) in [6.07, 6.45) is 0. The van der Waals surface area contributed by atoms with E-state index in [9.17, 15) is 14.9 Å². The normalized spacial score (nSPS) is 10.7. The third-order valence-corrected chi connectivity index (χ3v) is 4.95. The third-order valence-electron chi connectivity index (χ3n) is 4.21. The minimum atomic E-state index is -0.512. The van der Waals surface area contributed by atoms with Gasteiger partial charge in [0.2, 0.25) is 0 Å². The number of nitrogens with one attached hydrogen (secondary N) is 1. The van der Waals surface area contributed by atoms with Gasteiger partial charge in [-0.15, -0.1) is 0 Å². The second-order valence-electron chi connectivity index (χ2n) is 6.29. The van der Waals surface area contributed by atoms with Gasteiger partial charge in [0.05, 0.1) is 21.5 Å². The van der Waals surface area contributed by atoms with Crippen LogP contribution >= 0.6 is 23.2 Å². The topological polar surface area (TPSA) is 90.1 Å². The van der Waals surface area contributed by atoms with Gasteiger partial charge in [-0.3, -0.25) is 19.6 Å². The SMILES string of the molecule is Cc1ccc(C(=O)Nc2cc(C)n(Cc3ccc(Cl)c(Cl)c3)n2)cc1[N+](=O)[O-]. The summed E-state index contributed by atoms with van der Waals surface area (Å²) in [6, 6.07) is 11.4. The second-order valence-corrected chi connectivity index (χ2v) is 7.10. The molecule has 0 radical (unpaired) electrons. The Morgan fingerprint density at radius 1 is 1.14 bits per heavy atom. The van der Waals surface area contributed by atoms with E-state index in [1.165, 1.54) is 12.1 Å². The zero-order valence-electron chi connectivity index (χ0n) is 15.1. The van der Waals surface area contributed by atoms with Crippen LogP contribution in [0, 0.1) is 24.0 Å². The van der Waals surface area contributed by atoms with E-state index in [0.717, 1.165) is 11.3 Å². The van der Waals surface area contributed by atoms with Crippen molar-refractivity contribution in [1.82, 2.24) is 9.78 Å². The van der Waals surface area contributed by atoms with Gasteiger partial charge >= 0.3 is 0 Å². The molecule has 7 nitrogen and oxygen atoms in total. The molecule has 0 spiro atoms. The van der Waals surface area contributed by atoms with Gasteiger partial charge in [0.15, 0.2) is 5.82 Å². The zero-order valence-corrected chi connectivity index (χ0v) is 16.6. The van der Waals surface area contributed by atoms with Crippen LogP contribution < -0.4 is 5.32 Å². The molecule has 1 aromatic heterocycles. The third kappa shape index (κ3) is 4.32. The molecule has 9 heteroatoms. The van der Waals surface area contributed by atoms with Crippen molar-refractivity contribution in [2.45, 2.75) is 20.4 Å². The number of hydrogen-bond acceptors (Lipinski definition) is 4. The Morgan fingerprint density at radius 2 is 1.89 bits per heavy atom. The van der Waals surface area contributed by atoms with Gasteiger partial charge in [0, 0.05) is 29.0 Å². The van der Waals surface area contributed by atoms with Crippen LogP contribution in [0.15, 0.2) is 42.5 Å². The van der Waals surface area contributed by atoms with Crippen LogP contribution in [0.4, 0.5) is 11.5 Å². The van der Waals surface area contributed by atoms with E-state index >= 15 is 0 Å². The predicted octanol–water partition coefficient (Wildman–Crippen LogP) is 5.02. The Morgan fingerprint density at radius 3 is 2.57 bits per heavy atom. The van der Waals surface area contributed by atoms with Crippen molar-refractivity contribution >= 4 is 40.6 Å². The fourth-order valence-corrected chi connectivity index (χ4v) is 3.00. The quantitative estimate of drug-likeness (QED) is 0.465. The number of nitro benzene ring substituents is 1. The van der Waals surface area contributed by atoms with E-state index < -0.39 is 10.8 Å². The van der Waals surface area contributed by atoms with Crippen molar-refractivity contribution in [3.8, 4) is 0 Å². The van der Waals surface area contributed by atoms with Crippen molar-refractivity contribution in [2.24, 2.45) is 0 Å². The van der Waals surface area contributed by atoms with Crippen LogP contribution in [0.25, 0.3) is 0 Å². The van der Waals surface area contributed by atoms with Crippen LogP contribution in [-0.2, 0) is 6.54 Å². The van der Waals surface area contributed by atoms with E-state index in [2.05, 4.69) is 10.4 Å². The van der Waals surface area contributed by atoms with Gasteiger partial charge < -0.3 is 5.32 Å². The fraction of sp³-hybridized carbons (Fsp3) is 0.158. The molecule has 1 N–H and O–H groups in total. The van der Waals surface area contributed by atoms with Gasteiger partial charge in [0.1, 0.15) is 0 Å². The summed E-state index contributed by atoms with van der Waals surface area (Å²) in [5, 5.41) is 19.0. The lowest BCUT2D eigenvalue weighted by molar-refractivity contribution is -0.385. The number of carbonyl (C=O) groups is 1. The number of anilines is 1. The minimum absolute atomic E-state index is 0.103. The average Bonchev–Trinajstić information content (AvgIpc) is 2.97. The number of amides is 1. The first-order valence-corrected chi connectivity index (χ1v) is 9.05. The number of carbonyl (C=O) groups excluding carboxylic acids is 1. The largest absolute Gasteiger partial charge is 0.305 e. The highest BCUT2D eigenvalue weighted by molar-refractivity contribution is 6.42. The number of hydrogen-bond donors (Lipinski definition) is 1. The maximum absolute atomic E-state index is 12.4. The maximum Gasteiger partial charge on any atom is 0.273 e. The lowest BCUT2D eigenvalue weighted by Gasteiger charge is -2.06. The Kier molecular flexibility index (Phi) is 5.67. The highest BCUT2D eigenvalue weighted by Gasteiger charge is 2.16. The molecule has 28 heavy (non-hydrogen) atoms. The van der Waals surface area contributed by atoms with Gasteiger partial charge in [-0.2, -0.15) is 5.10 Å². The molecule has 3 aromatic rings. The second kappa shape index (κ2) is 8.00. The highest BCUT2D eigenvalue weighted by atomic mass is 35.5. The molecule has 0 aliphatic heterocycles. The summed E-state index contributed by atoms with van der Waals surface area (Å²) in [5.41, 5.74) is 2.31. The van der Waals surface area contributed by atoms with Gasteiger partial charge in [0.25, 0.3) is 11.6 Å². The number of nitro groups is 1. The minimum Gasteiger partial charge on any atom is -0.305 e. The molecule has 0 atom stereocenters. The number of aryl methyl sites for hydroxylation is 2. The predicted molar refractivity (Wildman–Crippen MR) is 108 cm³/mol. The molecular formula is C19H16Cl2N4O3. The first-order valence-electron chi connectivity index (χ1n) is 8.29. The summed E-state index contributed by atoms with van der Waals surface area (Å²) < 4.78 is 1.72. The van der Waals surface area contributed by atoms with Crippen molar-refractivity contribution in [1.29, 1.82) is 0 Å². The van der Waals surface area contributed by atoms with Crippen LogP contribution in [0.2, 0.25) is 10.0 Å². The maximum atomic E-state index is 12.4. The van der Waals surface area contributed by atoms with Crippen LogP contribution in [-0.4, -0.2) is 20.6 Å². The van der Waals surface area contributed by atoms with Crippen molar-refractivity contribution < 1.29 is 9.72 Å². The van der Waals surface area contributed by atoms with E-state index in [-0.39, 0.29) is 11.3 Å². The highest BCUT2D eigenvalue weighted by Crippen LogP contribution is 2.24. The van der Waals surface area contributed by atoms with E-state index in [4.69, 9.17) is 23.2 Å². The molecule has 0 unspecified atom stereocenters. The lowest BCUT2D eigenvalue weighted by atomic mass is 10.1. The smallest absolute Gasteiger partial charge is 0.273 e. The Balaban J connectivity index is 1.77. The standard InChI is InChI=1S/C19H16Cl2N4O3/c1-11-3-5-14(9-17(11)25(27)28)19(26)22-18-7-12(2)24(23-18)10-13-4-6-15(20)16(21)8-13/h3-9H,10H2,1-2H3,(H,22,23,26). The van der Waals surface area contributed by atoms with Crippen LogP contribution in [0.3, 0.4) is 0 Å². The summed E-state index contributed by atoms with van der Waals surface area (Å²) in [6.45, 7) is 3.93. The molecule has 1 amide bonds. The number of aromatic nitrogens is 2. The lowest BCUT2D eigenvalue weighted by Crippen LogP contribution is -2.13. The summed E-state index contributed by atoms with van der Waals surface area (Å²) >= 11 is 12.0. The molecule has 0 fully saturated rings. The molecule has 0 aliphatic rings. The zero-order chi connectivity index (χ0) is 20.4. The number of nitrogens with zero attached hydrogens (tertiary/aromatic N) is 3. The Hall–Kier alpha value is -2.90. The van der Waals surface area contributed by atoms with Crippen molar-refractivity contribution in [3.63, 3.8) is 0 Å². The first kappa shape index (κ1) is 19.9. The Labute approximate surface area is 171 Å². The summed E-state index contributed by atoms with van der Waals surface area (Å²) in [5.74, 6) is -0.118. The Bertz CT molecular complexity index is 1080. The van der Waals surface area contributed by atoms with E-state index in [1.807, 2.05) is 13.0 Å². The van der Waals surface area contributed by atoms with Crippen LogP contribution in [0.1, 0.15) is 27.2 Å². The monoisotopic (exact) mass is 418 g/mol. The van der Waals surface area contributed by atoms with Gasteiger partial charge in [-0.25, -0.2) is 0 Å². The molecule has 0 saturated heterocycles. The number of rotatable bonds is 5. The van der Waals surface area contributed by atoms with Crippen LogP contribution in [0.5, 0.6) is 0 Å².